The van der Waals surface area contributed by atoms with Crippen LogP contribution in [-0.4, -0.2) is 61.3 Å². The Morgan fingerprint density at radius 1 is 1.21 bits per heavy atom. The minimum atomic E-state index is -0.253. The van der Waals surface area contributed by atoms with Gasteiger partial charge in [-0.15, -0.1) is 10.2 Å². The smallest absolute Gasteiger partial charge is 0.288 e. The third-order valence-corrected chi connectivity index (χ3v) is 6.23. The van der Waals surface area contributed by atoms with E-state index >= 15 is 0 Å². The summed E-state index contributed by atoms with van der Waals surface area (Å²) in [6.07, 6.45) is 2.23. The number of thioether (sulfide) groups is 2. The van der Waals surface area contributed by atoms with Crippen molar-refractivity contribution in [2.75, 3.05) is 24.6 Å². The molecule has 1 aliphatic heterocycles. The zero-order valence-corrected chi connectivity index (χ0v) is 16.7. The van der Waals surface area contributed by atoms with Crippen LogP contribution in [0.25, 0.3) is 5.69 Å². The van der Waals surface area contributed by atoms with Gasteiger partial charge in [-0.2, -0.15) is 0 Å². The fourth-order valence-corrected chi connectivity index (χ4v) is 4.43. The lowest BCUT2D eigenvalue weighted by molar-refractivity contribution is -0.125. The Morgan fingerprint density at radius 3 is 2.68 bits per heavy atom. The van der Waals surface area contributed by atoms with Gasteiger partial charge in [-0.3, -0.25) is 23.9 Å². The number of carbonyl (C=O) groups excluding carboxylic acids is 3. The maximum Gasteiger partial charge on any atom is 0.288 e. The molecule has 1 aliphatic carbocycles. The third kappa shape index (κ3) is 4.22. The fraction of sp³-hybridized carbons (Fsp3) is 0.389. The van der Waals surface area contributed by atoms with Crippen molar-refractivity contribution in [1.29, 1.82) is 0 Å². The van der Waals surface area contributed by atoms with Crippen molar-refractivity contribution in [3.63, 3.8) is 0 Å². The van der Waals surface area contributed by atoms with Crippen molar-refractivity contribution >= 4 is 40.6 Å². The van der Waals surface area contributed by atoms with E-state index in [1.807, 2.05) is 34.9 Å². The average Bonchev–Trinajstić information content (AvgIpc) is 3.39. The lowest BCUT2D eigenvalue weighted by Gasteiger charge is -2.13. The Kier molecular flexibility index (Phi) is 5.67. The molecule has 0 spiro atoms. The summed E-state index contributed by atoms with van der Waals surface area (Å²) in [6.45, 7) is 0.448. The van der Waals surface area contributed by atoms with E-state index < -0.39 is 0 Å². The van der Waals surface area contributed by atoms with Crippen LogP contribution in [0.1, 0.15) is 24.6 Å². The molecule has 2 aromatic rings. The minimum absolute atomic E-state index is 0.174. The first-order chi connectivity index (χ1) is 13.6. The Hall–Kier alpha value is -2.33. The highest BCUT2D eigenvalue weighted by atomic mass is 32.2. The van der Waals surface area contributed by atoms with Gasteiger partial charge in [-0.25, -0.2) is 0 Å². The molecule has 1 aromatic heterocycles. The van der Waals surface area contributed by atoms with E-state index in [1.54, 1.807) is 0 Å². The predicted molar refractivity (Wildman–Crippen MR) is 107 cm³/mol. The summed E-state index contributed by atoms with van der Waals surface area (Å²) in [5.74, 6) is 1.37. The highest BCUT2D eigenvalue weighted by Gasteiger charge is 2.31. The molecule has 1 aromatic carbocycles. The van der Waals surface area contributed by atoms with Crippen LogP contribution in [-0.2, 0) is 9.59 Å². The SMILES string of the molecule is O=C(CSc1nnc(C2CC2)n1-c1ccccc1)NCCN1C(=O)CSC1=O. The van der Waals surface area contributed by atoms with Gasteiger partial charge in [0.15, 0.2) is 5.16 Å². The van der Waals surface area contributed by atoms with E-state index in [-0.39, 0.29) is 41.6 Å². The number of hydrogen-bond donors (Lipinski definition) is 1. The summed E-state index contributed by atoms with van der Waals surface area (Å²) < 4.78 is 2.02. The maximum absolute atomic E-state index is 12.2. The van der Waals surface area contributed by atoms with Gasteiger partial charge in [0.1, 0.15) is 5.82 Å². The van der Waals surface area contributed by atoms with Crippen molar-refractivity contribution in [2.24, 2.45) is 0 Å². The summed E-state index contributed by atoms with van der Waals surface area (Å²) in [7, 11) is 0. The Morgan fingerprint density at radius 2 is 2.00 bits per heavy atom. The van der Waals surface area contributed by atoms with Crippen LogP contribution in [0.5, 0.6) is 0 Å². The number of amides is 3. The zero-order chi connectivity index (χ0) is 19.5. The Balaban J connectivity index is 1.34. The molecule has 1 N–H and O–H groups in total. The number of rotatable bonds is 8. The minimum Gasteiger partial charge on any atom is -0.354 e. The highest BCUT2D eigenvalue weighted by Crippen LogP contribution is 2.41. The van der Waals surface area contributed by atoms with Gasteiger partial charge in [0.2, 0.25) is 11.8 Å². The molecule has 0 atom stereocenters. The monoisotopic (exact) mass is 417 g/mol. The molecular weight excluding hydrogens is 398 g/mol. The first-order valence-corrected chi connectivity index (χ1v) is 11.0. The fourth-order valence-electron chi connectivity index (χ4n) is 2.89. The molecule has 2 heterocycles. The number of nitrogens with one attached hydrogen (secondary N) is 1. The molecule has 0 radical (unpaired) electrons. The van der Waals surface area contributed by atoms with E-state index in [9.17, 15) is 14.4 Å². The van der Waals surface area contributed by atoms with Gasteiger partial charge in [0, 0.05) is 24.7 Å². The standard InChI is InChI=1S/C18H19N5O3S2/c24-14(19-8-9-22-15(25)11-28-18(22)26)10-27-17-21-20-16(12-6-7-12)23(17)13-4-2-1-3-5-13/h1-5,12H,6-11H2,(H,19,24). The van der Waals surface area contributed by atoms with Crippen LogP contribution in [0.4, 0.5) is 4.79 Å². The van der Waals surface area contributed by atoms with Gasteiger partial charge in [0.05, 0.1) is 11.5 Å². The van der Waals surface area contributed by atoms with E-state index in [4.69, 9.17) is 0 Å². The molecule has 2 fully saturated rings. The first-order valence-electron chi connectivity index (χ1n) is 9.01. The van der Waals surface area contributed by atoms with E-state index in [2.05, 4.69) is 15.5 Å². The van der Waals surface area contributed by atoms with Gasteiger partial charge in [0.25, 0.3) is 5.24 Å². The highest BCUT2D eigenvalue weighted by molar-refractivity contribution is 8.14. The summed E-state index contributed by atoms with van der Waals surface area (Å²) in [4.78, 5) is 36.4. The number of nitrogens with zero attached hydrogens (tertiary/aromatic N) is 4. The van der Waals surface area contributed by atoms with E-state index in [0.717, 1.165) is 36.1 Å². The van der Waals surface area contributed by atoms with Gasteiger partial charge < -0.3 is 5.32 Å². The molecule has 28 heavy (non-hydrogen) atoms. The molecule has 1 saturated heterocycles. The topological polar surface area (TPSA) is 97.2 Å². The van der Waals surface area contributed by atoms with Crippen LogP contribution in [0.15, 0.2) is 35.5 Å². The van der Waals surface area contributed by atoms with Crippen molar-refractivity contribution in [3.8, 4) is 5.69 Å². The second-order valence-corrected chi connectivity index (χ2v) is 8.39. The molecular formula is C18H19N5O3S2. The van der Waals surface area contributed by atoms with Crippen molar-refractivity contribution in [1.82, 2.24) is 25.0 Å². The lowest BCUT2D eigenvalue weighted by atomic mass is 10.3. The molecule has 8 nitrogen and oxygen atoms in total. The molecule has 2 aliphatic rings. The predicted octanol–water partition coefficient (Wildman–Crippen LogP) is 2.05. The second-order valence-electron chi connectivity index (χ2n) is 6.52. The number of imide groups is 1. The molecule has 4 rings (SSSR count). The zero-order valence-electron chi connectivity index (χ0n) is 15.0. The van der Waals surface area contributed by atoms with Crippen LogP contribution in [0, 0.1) is 0 Å². The largest absolute Gasteiger partial charge is 0.354 e. The van der Waals surface area contributed by atoms with Crippen LogP contribution >= 0.6 is 23.5 Å². The second kappa shape index (κ2) is 8.36. The first kappa shape index (κ1) is 19.0. The summed E-state index contributed by atoms with van der Waals surface area (Å²) in [5.41, 5.74) is 0.987. The molecule has 0 unspecified atom stereocenters. The maximum atomic E-state index is 12.2. The summed E-state index contributed by atoms with van der Waals surface area (Å²) in [5, 5.41) is 11.8. The average molecular weight is 418 g/mol. The van der Waals surface area contributed by atoms with Crippen molar-refractivity contribution in [2.45, 2.75) is 23.9 Å². The van der Waals surface area contributed by atoms with Crippen molar-refractivity contribution < 1.29 is 14.4 Å². The number of aromatic nitrogens is 3. The van der Waals surface area contributed by atoms with Crippen LogP contribution in [0.2, 0.25) is 0 Å². The van der Waals surface area contributed by atoms with Gasteiger partial charge in [-0.1, -0.05) is 41.7 Å². The summed E-state index contributed by atoms with van der Waals surface area (Å²) >= 11 is 2.32. The van der Waals surface area contributed by atoms with Crippen molar-refractivity contribution in [3.05, 3.63) is 36.2 Å². The molecule has 10 heteroatoms. The van der Waals surface area contributed by atoms with E-state index in [1.165, 1.54) is 16.7 Å². The van der Waals surface area contributed by atoms with Crippen LogP contribution < -0.4 is 5.32 Å². The number of hydrogen-bond acceptors (Lipinski definition) is 7. The van der Waals surface area contributed by atoms with E-state index in [0.29, 0.717) is 11.1 Å². The van der Waals surface area contributed by atoms with Gasteiger partial charge >= 0.3 is 0 Å². The number of benzene rings is 1. The quantitative estimate of drug-likeness (QED) is 0.657. The normalized spacial score (nSPS) is 16.6. The van der Waals surface area contributed by atoms with Crippen LogP contribution in [0.3, 0.4) is 0 Å². The number of para-hydroxylation sites is 1. The molecule has 146 valence electrons. The Bertz CT molecular complexity index is 882. The molecule has 1 saturated carbocycles. The lowest BCUT2D eigenvalue weighted by Crippen LogP contribution is -2.38. The van der Waals surface area contributed by atoms with Gasteiger partial charge in [-0.05, 0) is 25.0 Å². The molecule has 0 bridgehead atoms. The molecule has 3 amide bonds. The summed E-state index contributed by atoms with van der Waals surface area (Å²) in [6, 6.07) is 9.89. The number of carbonyl (C=O) groups is 3. The third-order valence-electron chi connectivity index (χ3n) is 4.45. The Labute approximate surface area is 170 Å².